The summed E-state index contributed by atoms with van der Waals surface area (Å²) in [6.07, 6.45) is 0. The summed E-state index contributed by atoms with van der Waals surface area (Å²) in [6, 6.07) is 3.78. The zero-order valence-electron chi connectivity index (χ0n) is 5.72. The number of aromatic hydroxyl groups is 2. The SMILES string of the molecule is O=S(=O)(O)c1ccc(O)[c]c1O. The van der Waals surface area contributed by atoms with E-state index in [4.69, 9.17) is 14.8 Å². The van der Waals surface area contributed by atoms with Crippen molar-refractivity contribution < 1.29 is 23.2 Å². The Kier molecular flexibility index (Phi) is 1.95. The van der Waals surface area contributed by atoms with E-state index in [2.05, 4.69) is 0 Å². The Labute approximate surface area is 68.6 Å². The van der Waals surface area contributed by atoms with E-state index in [1.165, 1.54) is 0 Å². The largest absolute Gasteiger partial charge is 0.507 e. The zero-order valence-corrected chi connectivity index (χ0v) is 6.54. The van der Waals surface area contributed by atoms with Crippen LogP contribution in [0.15, 0.2) is 17.0 Å². The Bertz CT molecular complexity index is 394. The normalized spacial score (nSPS) is 11.4. The summed E-state index contributed by atoms with van der Waals surface area (Å²) in [5.41, 5.74) is 0. The maximum atomic E-state index is 10.5. The predicted octanol–water partition coefficient (Wildman–Crippen LogP) is 0.145. The summed E-state index contributed by atoms with van der Waals surface area (Å²) < 4.78 is 29.4. The van der Waals surface area contributed by atoms with Crippen molar-refractivity contribution in [3.8, 4) is 11.5 Å². The summed E-state index contributed by atoms with van der Waals surface area (Å²) in [6.45, 7) is 0. The smallest absolute Gasteiger partial charge is 0.298 e. The molecule has 0 atom stereocenters. The second-order valence-electron chi connectivity index (χ2n) is 2.03. The van der Waals surface area contributed by atoms with E-state index in [0.29, 0.717) is 0 Å². The Morgan fingerprint density at radius 1 is 1.25 bits per heavy atom. The molecular weight excluding hydrogens is 184 g/mol. The Morgan fingerprint density at radius 2 is 1.83 bits per heavy atom. The molecule has 0 unspecified atom stereocenters. The van der Waals surface area contributed by atoms with Gasteiger partial charge in [0.2, 0.25) is 0 Å². The Balaban J connectivity index is 3.39. The molecule has 0 aromatic heterocycles. The Morgan fingerprint density at radius 3 is 2.25 bits per heavy atom. The third-order valence-electron chi connectivity index (χ3n) is 1.15. The highest BCUT2D eigenvalue weighted by Gasteiger charge is 2.15. The lowest BCUT2D eigenvalue weighted by Gasteiger charge is -1.99. The molecule has 0 aliphatic heterocycles. The number of rotatable bonds is 1. The van der Waals surface area contributed by atoms with E-state index < -0.39 is 26.5 Å². The summed E-state index contributed by atoms with van der Waals surface area (Å²) in [5.74, 6) is -1.21. The van der Waals surface area contributed by atoms with Crippen LogP contribution in [0.25, 0.3) is 0 Å². The van der Waals surface area contributed by atoms with Crippen molar-refractivity contribution in [1.82, 2.24) is 0 Å². The molecule has 3 N–H and O–H groups in total. The highest BCUT2D eigenvalue weighted by atomic mass is 32.2. The number of phenols is 2. The lowest BCUT2D eigenvalue weighted by atomic mass is 10.3. The molecular formula is C6H5O5S. The van der Waals surface area contributed by atoms with Crippen LogP contribution in [-0.4, -0.2) is 23.2 Å². The third kappa shape index (κ3) is 1.66. The average molecular weight is 189 g/mol. The van der Waals surface area contributed by atoms with Crippen LogP contribution in [0.5, 0.6) is 11.5 Å². The summed E-state index contributed by atoms with van der Waals surface area (Å²) in [5, 5.41) is 17.6. The molecule has 1 rings (SSSR count). The maximum absolute atomic E-state index is 10.5. The fourth-order valence-electron chi connectivity index (χ4n) is 0.666. The van der Waals surface area contributed by atoms with Gasteiger partial charge in [-0.1, -0.05) is 0 Å². The molecule has 1 aromatic rings. The molecule has 0 saturated carbocycles. The minimum Gasteiger partial charge on any atom is -0.507 e. The second-order valence-corrected chi connectivity index (χ2v) is 3.42. The van der Waals surface area contributed by atoms with Gasteiger partial charge in [-0.05, 0) is 12.1 Å². The van der Waals surface area contributed by atoms with Gasteiger partial charge in [0.15, 0.2) is 0 Å². The molecule has 1 aromatic carbocycles. The number of phenolic OH excluding ortho intramolecular Hbond substituents is 2. The van der Waals surface area contributed by atoms with Crippen molar-refractivity contribution in [3.63, 3.8) is 0 Å². The van der Waals surface area contributed by atoms with Crippen LogP contribution in [0.3, 0.4) is 0 Å². The van der Waals surface area contributed by atoms with Gasteiger partial charge in [-0.15, -0.1) is 0 Å². The molecule has 0 heterocycles. The molecule has 1 radical (unpaired) electrons. The van der Waals surface area contributed by atoms with Gasteiger partial charge in [0.25, 0.3) is 10.1 Å². The van der Waals surface area contributed by atoms with Crippen LogP contribution < -0.4 is 0 Å². The van der Waals surface area contributed by atoms with Gasteiger partial charge in [-0.25, -0.2) is 0 Å². The first-order valence-corrected chi connectivity index (χ1v) is 4.27. The van der Waals surface area contributed by atoms with Gasteiger partial charge < -0.3 is 10.2 Å². The molecule has 0 amide bonds. The van der Waals surface area contributed by atoms with Crippen LogP contribution in [-0.2, 0) is 10.1 Å². The van der Waals surface area contributed by atoms with Gasteiger partial charge in [0.05, 0.1) is 6.07 Å². The minimum atomic E-state index is -4.44. The van der Waals surface area contributed by atoms with Crippen molar-refractivity contribution in [1.29, 1.82) is 0 Å². The van der Waals surface area contributed by atoms with Crippen LogP contribution in [0.4, 0.5) is 0 Å². The number of benzene rings is 1. The van der Waals surface area contributed by atoms with Gasteiger partial charge in [0, 0.05) is 0 Å². The highest BCUT2D eigenvalue weighted by Crippen LogP contribution is 2.25. The molecule has 5 nitrogen and oxygen atoms in total. The molecule has 12 heavy (non-hydrogen) atoms. The van der Waals surface area contributed by atoms with Gasteiger partial charge in [0.1, 0.15) is 16.4 Å². The van der Waals surface area contributed by atoms with E-state index >= 15 is 0 Å². The van der Waals surface area contributed by atoms with Crippen molar-refractivity contribution >= 4 is 10.1 Å². The van der Waals surface area contributed by atoms with Crippen LogP contribution in [0.2, 0.25) is 0 Å². The first-order chi connectivity index (χ1) is 5.41. The summed E-state index contributed by atoms with van der Waals surface area (Å²) in [4.78, 5) is -0.680. The quantitative estimate of drug-likeness (QED) is 0.546. The van der Waals surface area contributed by atoms with E-state index in [0.717, 1.165) is 12.1 Å². The average Bonchev–Trinajstić information content (AvgIpc) is 1.83. The van der Waals surface area contributed by atoms with E-state index in [-0.39, 0.29) is 0 Å². The van der Waals surface area contributed by atoms with Gasteiger partial charge in [-0.2, -0.15) is 8.42 Å². The molecule has 0 aliphatic carbocycles. The van der Waals surface area contributed by atoms with Crippen molar-refractivity contribution in [3.05, 3.63) is 18.2 Å². The third-order valence-corrected chi connectivity index (χ3v) is 2.04. The van der Waals surface area contributed by atoms with Crippen LogP contribution in [0.1, 0.15) is 0 Å². The highest BCUT2D eigenvalue weighted by molar-refractivity contribution is 7.86. The van der Waals surface area contributed by atoms with Crippen LogP contribution >= 0.6 is 0 Å². The van der Waals surface area contributed by atoms with E-state index in [9.17, 15) is 8.42 Å². The topological polar surface area (TPSA) is 94.8 Å². The Hall–Kier alpha value is -1.27. The second kappa shape index (κ2) is 2.65. The fraction of sp³-hybridized carbons (Fsp3) is 0. The number of hydrogen-bond acceptors (Lipinski definition) is 4. The first-order valence-electron chi connectivity index (χ1n) is 2.83. The zero-order chi connectivity index (χ0) is 9.35. The minimum absolute atomic E-state index is 0.403. The standard InChI is InChI=1S/C6H5O5S/c7-4-1-2-6(5(8)3-4)12(9,10)11/h1-2,7-8H,(H,9,10,11). The van der Waals surface area contributed by atoms with Gasteiger partial charge >= 0.3 is 0 Å². The molecule has 0 fully saturated rings. The number of hydrogen-bond donors (Lipinski definition) is 3. The van der Waals surface area contributed by atoms with Gasteiger partial charge in [-0.3, -0.25) is 4.55 Å². The summed E-state index contributed by atoms with van der Waals surface area (Å²) in [7, 11) is -4.44. The molecule has 0 spiro atoms. The lowest BCUT2D eigenvalue weighted by molar-refractivity contribution is 0.429. The van der Waals surface area contributed by atoms with Crippen molar-refractivity contribution in [2.75, 3.05) is 0 Å². The fourth-order valence-corrected chi connectivity index (χ4v) is 1.20. The van der Waals surface area contributed by atoms with Crippen LogP contribution in [0, 0.1) is 6.07 Å². The van der Waals surface area contributed by atoms with Crippen molar-refractivity contribution in [2.24, 2.45) is 0 Å². The lowest BCUT2D eigenvalue weighted by Crippen LogP contribution is -1.97. The van der Waals surface area contributed by atoms with E-state index in [1.54, 1.807) is 0 Å². The predicted molar refractivity (Wildman–Crippen MR) is 38.4 cm³/mol. The molecule has 6 heteroatoms. The molecule has 0 saturated heterocycles. The van der Waals surface area contributed by atoms with E-state index in [1.807, 2.05) is 6.07 Å². The first kappa shape index (κ1) is 8.82. The monoisotopic (exact) mass is 189 g/mol. The van der Waals surface area contributed by atoms with Crippen molar-refractivity contribution in [2.45, 2.75) is 4.90 Å². The molecule has 65 valence electrons. The summed E-state index contributed by atoms with van der Waals surface area (Å²) >= 11 is 0. The molecule has 0 bridgehead atoms. The maximum Gasteiger partial charge on any atom is 0.298 e. The molecule has 0 aliphatic rings.